The predicted molar refractivity (Wildman–Crippen MR) is 46.0 cm³/mol. The van der Waals surface area contributed by atoms with Crippen LogP contribution in [0.2, 0.25) is 0 Å². The van der Waals surface area contributed by atoms with Crippen molar-refractivity contribution in [1.82, 2.24) is 4.98 Å². The fraction of sp³-hybridized carbons (Fsp3) is 0.143. The van der Waals surface area contributed by atoms with Gasteiger partial charge < -0.3 is 0 Å². The minimum absolute atomic E-state index is 0.187. The summed E-state index contributed by atoms with van der Waals surface area (Å²) in [5, 5.41) is 8.88. The average molecular weight is 255 g/mol. The number of hydrogen-bond acceptors (Lipinski definition) is 4. The molecule has 0 aromatic carbocycles. The smallest absolute Gasteiger partial charge is 0.274 e. The highest BCUT2D eigenvalue weighted by Gasteiger charge is 2.29. The van der Waals surface area contributed by atoms with E-state index in [9.17, 15) is 28.1 Å². The topological polar surface area (TPSA) is 73.1 Å². The standard InChI is InChI=1S/C7H2ClF3N2O3/c8-6(14)4-5(13(15)16)2(9)1-3(12-4)7(10)11/h1,7H. The second-order valence-corrected chi connectivity index (χ2v) is 2.90. The molecule has 0 aliphatic rings. The molecule has 0 N–H and O–H groups in total. The zero-order valence-corrected chi connectivity index (χ0v) is 8.04. The average Bonchev–Trinajstić information content (AvgIpc) is 2.15. The van der Waals surface area contributed by atoms with Crippen LogP contribution in [0, 0.1) is 15.9 Å². The van der Waals surface area contributed by atoms with Crippen LogP contribution in [0.5, 0.6) is 0 Å². The summed E-state index contributed by atoms with van der Waals surface area (Å²) >= 11 is 4.88. The number of carbonyl (C=O) groups excluding carboxylic acids is 1. The summed E-state index contributed by atoms with van der Waals surface area (Å²) in [5.74, 6) is -1.58. The lowest BCUT2D eigenvalue weighted by Gasteiger charge is -2.02. The molecule has 0 unspecified atom stereocenters. The fourth-order valence-electron chi connectivity index (χ4n) is 0.948. The van der Waals surface area contributed by atoms with Crippen LogP contribution in [0.4, 0.5) is 18.9 Å². The summed E-state index contributed by atoms with van der Waals surface area (Å²) in [6, 6.07) is 0.187. The number of alkyl halides is 2. The van der Waals surface area contributed by atoms with Gasteiger partial charge in [0.2, 0.25) is 11.5 Å². The maximum Gasteiger partial charge on any atom is 0.335 e. The van der Waals surface area contributed by atoms with E-state index in [2.05, 4.69) is 4.98 Å². The lowest BCUT2D eigenvalue weighted by Crippen LogP contribution is -2.07. The van der Waals surface area contributed by atoms with E-state index < -0.39 is 39.5 Å². The Morgan fingerprint density at radius 3 is 2.50 bits per heavy atom. The molecule has 9 heteroatoms. The van der Waals surface area contributed by atoms with Crippen molar-refractivity contribution < 1.29 is 22.9 Å². The highest BCUT2D eigenvalue weighted by atomic mass is 35.5. The van der Waals surface area contributed by atoms with Crippen LogP contribution in [0.25, 0.3) is 0 Å². The number of nitro groups is 1. The number of aromatic nitrogens is 1. The summed E-state index contributed by atoms with van der Waals surface area (Å²) in [5.41, 5.74) is -3.54. The number of carbonyl (C=O) groups is 1. The van der Waals surface area contributed by atoms with Crippen LogP contribution in [0.15, 0.2) is 6.07 Å². The van der Waals surface area contributed by atoms with E-state index in [1.54, 1.807) is 0 Å². The first-order chi connectivity index (χ1) is 7.34. The first kappa shape index (κ1) is 12.4. The molecule has 0 radical (unpaired) electrons. The molecule has 0 saturated carbocycles. The number of pyridine rings is 1. The Bertz CT molecular complexity index is 466. The first-order valence-electron chi connectivity index (χ1n) is 3.67. The van der Waals surface area contributed by atoms with Gasteiger partial charge in [0.25, 0.3) is 11.7 Å². The number of halogens is 4. The molecule has 5 nitrogen and oxygen atoms in total. The van der Waals surface area contributed by atoms with Crippen molar-refractivity contribution in [2.45, 2.75) is 6.43 Å². The van der Waals surface area contributed by atoms with Gasteiger partial charge in [0.1, 0.15) is 5.69 Å². The van der Waals surface area contributed by atoms with E-state index in [0.717, 1.165) is 0 Å². The van der Waals surface area contributed by atoms with Gasteiger partial charge in [-0.3, -0.25) is 14.9 Å². The molecular formula is C7H2ClF3N2O3. The van der Waals surface area contributed by atoms with E-state index in [1.165, 1.54) is 0 Å². The molecule has 1 aromatic rings. The van der Waals surface area contributed by atoms with E-state index >= 15 is 0 Å². The van der Waals surface area contributed by atoms with Crippen LogP contribution in [-0.4, -0.2) is 15.1 Å². The molecule has 1 heterocycles. The molecule has 0 atom stereocenters. The van der Waals surface area contributed by atoms with Crippen molar-refractivity contribution in [2.24, 2.45) is 0 Å². The van der Waals surface area contributed by atoms with Gasteiger partial charge in [0.15, 0.2) is 0 Å². The Morgan fingerprint density at radius 2 is 2.12 bits per heavy atom. The van der Waals surface area contributed by atoms with Crippen molar-refractivity contribution in [2.75, 3.05) is 0 Å². The van der Waals surface area contributed by atoms with Gasteiger partial charge in [-0.25, -0.2) is 13.8 Å². The molecule has 0 saturated heterocycles. The van der Waals surface area contributed by atoms with Crippen molar-refractivity contribution >= 4 is 22.5 Å². The van der Waals surface area contributed by atoms with Crippen molar-refractivity contribution in [3.8, 4) is 0 Å². The zero-order valence-electron chi connectivity index (χ0n) is 7.29. The third-order valence-electron chi connectivity index (χ3n) is 1.56. The van der Waals surface area contributed by atoms with Gasteiger partial charge in [-0.1, -0.05) is 0 Å². The van der Waals surface area contributed by atoms with Crippen LogP contribution < -0.4 is 0 Å². The number of rotatable bonds is 3. The van der Waals surface area contributed by atoms with E-state index in [0.29, 0.717) is 0 Å². The molecular weight excluding hydrogens is 253 g/mol. The minimum atomic E-state index is -3.16. The molecule has 0 amide bonds. The maximum absolute atomic E-state index is 13.1. The molecule has 86 valence electrons. The van der Waals surface area contributed by atoms with E-state index in [4.69, 9.17) is 11.6 Å². The summed E-state index contributed by atoms with van der Waals surface area (Å²) in [4.78, 5) is 22.7. The first-order valence-corrected chi connectivity index (χ1v) is 4.05. The monoisotopic (exact) mass is 254 g/mol. The van der Waals surface area contributed by atoms with Gasteiger partial charge >= 0.3 is 5.69 Å². The van der Waals surface area contributed by atoms with Crippen molar-refractivity contribution in [3.63, 3.8) is 0 Å². The van der Waals surface area contributed by atoms with Crippen LogP contribution >= 0.6 is 11.6 Å². The van der Waals surface area contributed by atoms with Crippen LogP contribution in [0.3, 0.4) is 0 Å². The van der Waals surface area contributed by atoms with Gasteiger partial charge in [0, 0.05) is 6.07 Å². The highest BCUT2D eigenvalue weighted by Crippen LogP contribution is 2.27. The largest absolute Gasteiger partial charge is 0.335 e. The summed E-state index contributed by atoms with van der Waals surface area (Å²) in [6.07, 6.45) is -3.16. The summed E-state index contributed by atoms with van der Waals surface area (Å²) < 4.78 is 37.4. The highest BCUT2D eigenvalue weighted by molar-refractivity contribution is 6.67. The van der Waals surface area contributed by atoms with Gasteiger partial charge in [-0.05, 0) is 11.6 Å². The Kier molecular flexibility index (Phi) is 3.43. The van der Waals surface area contributed by atoms with Gasteiger partial charge in [0.05, 0.1) is 4.92 Å². The molecule has 0 spiro atoms. The Labute approximate surface area is 91.0 Å². The van der Waals surface area contributed by atoms with Crippen LogP contribution in [0.1, 0.15) is 22.6 Å². The molecule has 1 aromatic heterocycles. The third-order valence-corrected chi connectivity index (χ3v) is 1.74. The lowest BCUT2D eigenvalue weighted by atomic mass is 10.2. The second kappa shape index (κ2) is 4.44. The molecule has 1 rings (SSSR count). The normalized spacial score (nSPS) is 10.6. The zero-order chi connectivity index (χ0) is 12.5. The van der Waals surface area contributed by atoms with Gasteiger partial charge in [-0.2, -0.15) is 4.39 Å². The Balaban J connectivity index is 3.52. The van der Waals surface area contributed by atoms with E-state index in [1.807, 2.05) is 0 Å². The Morgan fingerprint density at radius 1 is 1.56 bits per heavy atom. The third kappa shape index (κ3) is 2.27. The maximum atomic E-state index is 13.1. The predicted octanol–water partition coefficient (Wildman–Crippen LogP) is 2.45. The van der Waals surface area contributed by atoms with Crippen molar-refractivity contribution in [1.29, 1.82) is 0 Å². The molecule has 16 heavy (non-hydrogen) atoms. The summed E-state index contributed by atoms with van der Waals surface area (Å²) in [6.45, 7) is 0. The molecule has 0 bridgehead atoms. The summed E-state index contributed by atoms with van der Waals surface area (Å²) in [7, 11) is 0. The quantitative estimate of drug-likeness (QED) is 0.472. The Hall–Kier alpha value is -1.70. The number of hydrogen-bond donors (Lipinski definition) is 0. The minimum Gasteiger partial charge on any atom is -0.274 e. The SMILES string of the molecule is O=C(Cl)c1nc(C(F)F)cc(F)c1[N+](=O)[O-]. The fourth-order valence-corrected chi connectivity index (χ4v) is 1.08. The van der Waals surface area contributed by atoms with Gasteiger partial charge in [-0.15, -0.1) is 0 Å². The molecule has 0 aliphatic heterocycles. The van der Waals surface area contributed by atoms with Crippen LogP contribution in [-0.2, 0) is 0 Å². The second-order valence-electron chi connectivity index (χ2n) is 2.56. The lowest BCUT2D eigenvalue weighted by molar-refractivity contribution is -0.388. The molecule has 0 fully saturated rings. The number of nitrogens with zero attached hydrogens (tertiary/aromatic N) is 2. The van der Waals surface area contributed by atoms with Crippen molar-refractivity contribution in [3.05, 3.63) is 33.4 Å². The van der Waals surface area contributed by atoms with E-state index in [-0.39, 0.29) is 6.07 Å². The molecule has 0 aliphatic carbocycles.